The van der Waals surface area contributed by atoms with Crippen LogP contribution in [-0.4, -0.2) is 62.8 Å². The summed E-state index contributed by atoms with van der Waals surface area (Å²) in [5.41, 5.74) is 1.16. The van der Waals surface area contributed by atoms with E-state index in [9.17, 15) is 9.90 Å². The Morgan fingerprint density at radius 1 is 1.53 bits per heavy atom. The van der Waals surface area contributed by atoms with E-state index in [0.717, 1.165) is 0 Å². The molecule has 7 heteroatoms. The average Bonchev–Trinajstić information content (AvgIpc) is 3.03. The van der Waals surface area contributed by atoms with Crippen LogP contribution in [-0.2, 0) is 0 Å². The predicted molar refractivity (Wildman–Crippen MR) is 67.7 cm³/mol. The third-order valence-electron chi connectivity index (χ3n) is 3.52. The number of carbonyl (C=O) groups excluding carboxylic acids is 1. The summed E-state index contributed by atoms with van der Waals surface area (Å²) in [5, 5.41) is 17.0. The van der Waals surface area contributed by atoms with Crippen molar-refractivity contribution in [3.05, 3.63) is 30.4 Å². The van der Waals surface area contributed by atoms with Crippen molar-refractivity contribution in [2.75, 3.05) is 20.1 Å². The van der Waals surface area contributed by atoms with Crippen LogP contribution in [0.3, 0.4) is 0 Å². The molecule has 0 aliphatic carbocycles. The Kier molecular flexibility index (Phi) is 2.92. The van der Waals surface area contributed by atoms with Gasteiger partial charge in [-0.25, -0.2) is 4.52 Å². The number of aliphatic hydroxyl groups excluding tert-OH is 1. The highest BCUT2D eigenvalue weighted by atomic mass is 16.3. The summed E-state index contributed by atoms with van der Waals surface area (Å²) >= 11 is 0. The molecule has 0 spiro atoms. The van der Waals surface area contributed by atoms with Crippen molar-refractivity contribution in [1.82, 2.24) is 24.8 Å². The van der Waals surface area contributed by atoms with Crippen molar-refractivity contribution in [3.63, 3.8) is 0 Å². The maximum absolute atomic E-state index is 12.5. The fourth-order valence-electron chi connectivity index (χ4n) is 2.39. The monoisotopic (exact) mass is 261 g/mol. The van der Waals surface area contributed by atoms with E-state index in [-0.39, 0.29) is 11.9 Å². The fraction of sp³-hybridized carbons (Fsp3) is 0.417. The third-order valence-corrected chi connectivity index (χ3v) is 3.52. The lowest BCUT2D eigenvalue weighted by Gasteiger charge is -2.26. The molecular formula is C12H15N5O2. The quantitative estimate of drug-likeness (QED) is 0.734. The first-order valence-electron chi connectivity index (χ1n) is 6.12. The SMILES string of the molecule is CN(C(=O)c1cnn2ccncc12)[C@@H]1CNC[C@H]1O. The smallest absolute Gasteiger partial charge is 0.257 e. The molecule has 3 heterocycles. The zero-order chi connectivity index (χ0) is 13.4. The largest absolute Gasteiger partial charge is 0.390 e. The van der Waals surface area contributed by atoms with Gasteiger partial charge in [-0.1, -0.05) is 0 Å². The van der Waals surface area contributed by atoms with E-state index in [4.69, 9.17) is 0 Å². The van der Waals surface area contributed by atoms with Gasteiger partial charge in [0.1, 0.15) is 0 Å². The van der Waals surface area contributed by atoms with Crippen LogP contribution in [0.25, 0.3) is 5.52 Å². The molecule has 0 aromatic carbocycles. The normalized spacial score (nSPS) is 22.8. The van der Waals surface area contributed by atoms with Crippen LogP contribution in [0, 0.1) is 0 Å². The number of β-amino-alcohol motifs (C(OH)–C–C–N with tert-alkyl or cyclic N) is 1. The van der Waals surface area contributed by atoms with E-state index in [2.05, 4.69) is 15.4 Å². The van der Waals surface area contributed by atoms with Crippen LogP contribution in [0.4, 0.5) is 0 Å². The van der Waals surface area contributed by atoms with Crippen molar-refractivity contribution < 1.29 is 9.90 Å². The minimum Gasteiger partial charge on any atom is -0.390 e. The molecule has 0 bridgehead atoms. The lowest BCUT2D eigenvalue weighted by Crippen LogP contribution is -2.44. The van der Waals surface area contributed by atoms with Crippen molar-refractivity contribution >= 4 is 11.4 Å². The summed E-state index contributed by atoms with van der Waals surface area (Å²) in [4.78, 5) is 18.0. The number of hydrogen-bond donors (Lipinski definition) is 2. The first-order valence-corrected chi connectivity index (χ1v) is 6.12. The van der Waals surface area contributed by atoms with Gasteiger partial charge in [-0.05, 0) is 0 Å². The molecule has 0 unspecified atom stereocenters. The first-order chi connectivity index (χ1) is 9.18. The topological polar surface area (TPSA) is 82.8 Å². The van der Waals surface area contributed by atoms with Gasteiger partial charge in [0.25, 0.3) is 5.91 Å². The Balaban J connectivity index is 1.91. The summed E-state index contributed by atoms with van der Waals surface area (Å²) in [7, 11) is 1.70. The fourth-order valence-corrected chi connectivity index (χ4v) is 2.39. The maximum atomic E-state index is 12.5. The number of rotatable bonds is 2. The number of carbonyl (C=O) groups is 1. The van der Waals surface area contributed by atoms with Gasteiger partial charge in [-0.15, -0.1) is 0 Å². The lowest BCUT2D eigenvalue weighted by atomic mass is 10.1. The summed E-state index contributed by atoms with van der Waals surface area (Å²) in [6.07, 6.45) is 5.91. The zero-order valence-electron chi connectivity index (χ0n) is 10.5. The molecule has 19 heavy (non-hydrogen) atoms. The number of nitrogens with one attached hydrogen (secondary N) is 1. The Morgan fingerprint density at radius 2 is 2.37 bits per heavy atom. The molecule has 2 aromatic heterocycles. The molecule has 1 saturated heterocycles. The van der Waals surface area contributed by atoms with Crippen LogP contribution in [0.2, 0.25) is 0 Å². The van der Waals surface area contributed by atoms with Crippen molar-refractivity contribution in [2.45, 2.75) is 12.1 Å². The van der Waals surface area contributed by atoms with Crippen LogP contribution < -0.4 is 5.32 Å². The number of aromatic nitrogens is 3. The molecule has 7 nitrogen and oxygen atoms in total. The molecule has 2 atom stereocenters. The summed E-state index contributed by atoms with van der Waals surface area (Å²) < 4.78 is 1.61. The number of nitrogens with zero attached hydrogens (tertiary/aromatic N) is 4. The van der Waals surface area contributed by atoms with Crippen molar-refractivity contribution in [3.8, 4) is 0 Å². The third kappa shape index (κ3) is 1.96. The van der Waals surface area contributed by atoms with Crippen LogP contribution >= 0.6 is 0 Å². The summed E-state index contributed by atoms with van der Waals surface area (Å²) in [6.45, 7) is 1.11. The van der Waals surface area contributed by atoms with E-state index < -0.39 is 6.10 Å². The Bertz CT molecular complexity index is 611. The van der Waals surface area contributed by atoms with E-state index in [1.54, 1.807) is 35.1 Å². The van der Waals surface area contributed by atoms with Gasteiger partial charge in [0, 0.05) is 32.5 Å². The molecule has 0 radical (unpaired) electrons. The molecular weight excluding hydrogens is 246 g/mol. The number of aliphatic hydroxyl groups is 1. The van der Waals surface area contributed by atoms with Crippen molar-refractivity contribution in [1.29, 1.82) is 0 Å². The number of hydrogen-bond acceptors (Lipinski definition) is 5. The maximum Gasteiger partial charge on any atom is 0.257 e. The Labute approximate surface area is 109 Å². The van der Waals surface area contributed by atoms with E-state index in [1.807, 2.05) is 0 Å². The van der Waals surface area contributed by atoms with E-state index in [1.165, 1.54) is 6.20 Å². The molecule has 1 fully saturated rings. The van der Waals surface area contributed by atoms with Crippen LogP contribution in [0.15, 0.2) is 24.8 Å². The molecule has 1 aliphatic heterocycles. The zero-order valence-corrected chi connectivity index (χ0v) is 10.5. The molecule has 2 aromatic rings. The molecule has 0 saturated carbocycles. The number of amides is 1. The molecule has 1 amide bonds. The minimum absolute atomic E-state index is 0.157. The van der Waals surface area contributed by atoms with E-state index >= 15 is 0 Å². The highest BCUT2D eigenvalue weighted by molar-refractivity contribution is 6.00. The van der Waals surface area contributed by atoms with Gasteiger partial charge in [0.15, 0.2) is 0 Å². The standard InChI is InChI=1S/C12H15N5O2/c1-16(10-6-14-7-11(10)18)12(19)8-4-15-17-3-2-13-5-9(8)17/h2-5,10-11,14,18H,6-7H2,1H3/t10-,11-/m1/s1. The van der Waals surface area contributed by atoms with Gasteiger partial charge in [-0.2, -0.15) is 5.10 Å². The highest BCUT2D eigenvalue weighted by Crippen LogP contribution is 2.15. The van der Waals surface area contributed by atoms with Gasteiger partial charge in [0.05, 0.1) is 35.6 Å². The van der Waals surface area contributed by atoms with Gasteiger partial charge in [0.2, 0.25) is 0 Å². The van der Waals surface area contributed by atoms with Gasteiger partial charge >= 0.3 is 0 Å². The molecule has 3 rings (SSSR count). The summed E-state index contributed by atoms with van der Waals surface area (Å²) in [5.74, 6) is -0.157. The summed E-state index contributed by atoms with van der Waals surface area (Å²) in [6, 6.07) is -0.209. The number of likely N-dealkylation sites (N-methyl/N-ethyl adjacent to an activating group) is 1. The number of fused-ring (bicyclic) bond motifs is 1. The predicted octanol–water partition coefficient (Wildman–Crippen LogP) is -0.866. The molecule has 1 aliphatic rings. The second kappa shape index (κ2) is 4.60. The Morgan fingerprint density at radius 3 is 3.11 bits per heavy atom. The Hall–Kier alpha value is -1.99. The van der Waals surface area contributed by atoms with Crippen LogP contribution in [0.1, 0.15) is 10.4 Å². The van der Waals surface area contributed by atoms with Gasteiger partial charge < -0.3 is 15.3 Å². The van der Waals surface area contributed by atoms with Crippen molar-refractivity contribution in [2.24, 2.45) is 0 Å². The molecule has 2 N–H and O–H groups in total. The average molecular weight is 261 g/mol. The highest BCUT2D eigenvalue weighted by Gasteiger charge is 2.32. The van der Waals surface area contributed by atoms with Crippen LogP contribution in [0.5, 0.6) is 0 Å². The molecule has 100 valence electrons. The lowest BCUT2D eigenvalue weighted by molar-refractivity contribution is 0.0583. The van der Waals surface area contributed by atoms with Gasteiger partial charge in [-0.3, -0.25) is 9.78 Å². The second-order valence-corrected chi connectivity index (χ2v) is 4.67. The first kappa shape index (κ1) is 12.1. The van der Waals surface area contributed by atoms with E-state index in [0.29, 0.717) is 24.2 Å². The minimum atomic E-state index is -0.533. The second-order valence-electron chi connectivity index (χ2n) is 4.67.